The highest BCUT2D eigenvalue weighted by Crippen LogP contribution is 2.30. The molecular weight excluding hydrogens is 320 g/mol. The number of aryl methyl sites for hydroxylation is 1. The van der Waals surface area contributed by atoms with Gasteiger partial charge in [-0.3, -0.25) is 0 Å². The molecule has 3 aromatic heterocycles. The van der Waals surface area contributed by atoms with E-state index in [1.165, 1.54) is 10.4 Å². The largest absolute Gasteiger partial charge is 0.369 e. The summed E-state index contributed by atoms with van der Waals surface area (Å²) in [5.41, 5.74) is 1.30. The smallest absolute Gasteiger partial charge is 0.204 e. The van der Waals surface area contributed by atoms with Gasteiger partial charge in [-0.1, -0.05) is 35.5 Å². The minimum absolute atomic E-state index is 0.559. The zero-order chi connectivity index (χ0) is 16.4. The fraction of sp³-hybridized carbons (Fsp3) is 0.167. The van der Waals surface area contributed by atoms with E-state index in [1.54, 1.807) is 23.6 Å². The van der Waals surface area contributed by atoms with E-state index in [4.69, 9.17) is 4.52 Å². The van der Waals surface area contributed by atoms with Crippen LogP contribution in [0.3, 0.4) is 0 Å². The fourth-order valence-electron chi connectivity index (χ4n) is 2.59. The molecule has 0 aliphatic rings. The summed E-state index contributed by atoms with van der Waals surface area (Å²) in [5.74, 6) is 1.98. The van der Waals surface area contributed by atoms with Crippen LogP contribution < -0.4 is 5.32 Å². The first-order chi connectivity index (χ1) is 11.8. The highest BCUT2D eigenvalue weighted by Gasteiger charge is 2.13. The Hall–Kier alpha value is -2.73. The third kappa shape index (κ3) is 3.00. The summed E-state index contributed by atoms with van der Waals surface area (Å²) in [6.45, 7) is 2.88. The SMILES string of the molecule is Cc1cc2c(NCCc3ccccc3)nc(-c3ccno3)nc2s1. The van der Waals surface area contributed by atoms with Gasteiger partial charge in [0, 0.05) is 17.5 Å². The number of aromatic nitrogens is 3. The highest BCUT2D eigenvalue weighted by molar-refractivity contribution is 7.18. The van der Waals surface area contributed by atoms with E-state index in [2.05, 4.69) is 57.7 Å². The van der Waals surface area contributed by atoms with Crippen molar-refractivity contribution < 1.29 is 4.52 Å². The van der Waals surface area contributed by atoms with Gasteiger partial charge in [0.15, 0.2) is 0 Å². The number of nitrogens with zero attached hydrogens (tertiary/aromatic N) is 3. The Labute approximate surface area is 143 Å². The van der Waals surface area contributed by atoms with E-state index in [9.17, 15) is 0 Å². The van der Waals surface area contributed by atoms with Crippen molar-refractivity contribution >= 4 is 27.4 Å². The summed E-state index contributed by atoms with van der Waals surface area (Å²) >= 11 is 1.65. The number of anilines is 1. The van der Waals surface area contributed by atoms with E-state index in [-0.39, 0.29) is 0 Å². The lowest BCUT2D eigenvalue weighted by atomic mass is 10.1. The first kappa shape index (κ1) is 14.8. The molecule has 4 rings (SSSR count). The summed E-state index contributed by atoms with van der Waals surface area (Å²) < 4.78 is 5.21. The van der Waals surface area contributed by atoms with Crippen molar-refractivity contribution in [2.45, 2.75) is 13.3 Å². The van der Waals surface area contributed by atoms with Crippen molar-refractivity contribution in [1.82, 2.24) is 15.1 Å². The maximum Gasteiger partial charge on any atom is 0.204 e. The number of hydrogen-bond donors (Lipinski definition) is 1. The molecule has 0 unspecified atom stereocenters. The molecule has 1 N–H and O–H groups in total. The molecule has 4 aromatic rings. The normalized spacial score (nSPS) is 11.0. The van der Waals surface area contributed by atoms with Gasteiger partial charge >= 0.3 is 0 Å². The van der Waals surface area contributed by atoms with Crippen LogP contribution in [-0.4, -0.2) is 21.7 Å². The van der Waals surface area contributed by atoms with E-state index >= 15 is 0 Å². The Balaban J connectivity index is 1.63. The summed E-state index contributed by atoms with van der Waals surface area (Å²) in [4.78, 5) is 11.4. The summed E-state index contributed by atoms with van der Waals surface area (Å²) in [6.07, 6.45) is 2.54. The van der Waals surface area contributed by atoms with E-state index < -0.39 is 0 Å². The van der Waals surface area contributed by atoms with Gasteiger partial charge in [0.2, 0.25) is 11.6 Å². The Kier molecular flexibility index (Phi) is 3.96. The molecule has 3 heterocycles. The number of benzene rings is 1. The molecule has 0 saturated heterocycles. The third-order valence-electron chi connectivity index (χ3n) is 3.72. The van der Waals surface area contributed by atoms with Crippen LogP contribution in [-0.2, 0) is 6.42 Å². The minimum Gasteiger partial charge on any atom is -0.369 e. The van der Waals surface area contributed by atoms with Crippen molar-refractivity contribution in [1.29, 1.82) is 0 Å². The molecule has 0 saturated carbocycles. The lowest BCUT2D eigenvalue weighted by Crippen LogP contribution is -2.07. The molecule has 0 bridgehead atoms. The molecule has 24 heavy (non-hydrogen) atoms. The van der Waals surface area contributed by atoms with Crippen molar-refractivity contribution in [3.63, 3.8) is 0 Å². The van der Waals surface area contributed by atoms with Crippen molar-refractivity contribution in [2.75, 3.05) is 11.9 Å². The Morgan fingerprint density at radius 3 is 2.79 bits per heavy atom. The van der Waals surface area contributed by atoms with Crippen molar-refractivity contribution in [3.8, 4) is 11.6 Å². The predicted octanol–water partition coefficient (Wildman–Crippen LogP) is 4.31. The van der Waals surface area contributed by atoms with Crippen LogP contribution in [0.15, 0.2) is 53.2 Å². The zero-order valence-electron chi connectivity index (χ0n) is 13.2. The summed E-state index contributed by atoms with van der Waals surface area (Å²) in [7, 11) is 0. The molecule has 6 heteroatoms. The lowest BCUT2D eigenvalue weighted by Gasteiger charge is -2.08. The van der Waals surface area contributed by atoms with E-state index in [0.717, 1.165) is 29.0 Å². The van der Waals surface area contributed by atoms with Crippen LogP contribution in [0.1, 0.15) is 10.4 Å². The Morgan fingerprint density at radius 2 is 2.00 bits per heavy atom. The van der Waals surface area contributed by atoms with Gasteiger partial charge in [-0.15, -0.1) is 11.3 Å². The van der Waals surface area contributed by atoms with E-state index in [1.807, 2.05) is 6.07 Å². The van der Waals surface area contributed by atoms with Gasteiger partial charge in [0.05, 0.1) is 11.6 Å². The molecule has 0 aliphatic carbocycles. The predicted molar refractivity (Wildman–Crippen MR) is 96.3 cm³/mol. The van der Waals surface area contributed by atoms with Gasteiger partial charge in [0.1, 0.15) is 10.6 Å². The molecule has 120 valence electrons. The molecular formula is C18H16N4OS. The number of nitrogens with one attached hydrogen (secondary N) is 1. The molecule has 0 spiro atoms. The topological polar surface area (TPSA) is 63.8 Å². The second kappa shape index (κ2) is 6.41. The quantitative estimate of drug-likeness (QED) is 0.588. The molecule has 0 radical (unpaired) electrons. The van der Waals surface area contributed by atoms with Gasteiger partial charge in [-0.2, -0.15) is 0 Å². The van der Waals surface area contributed by atoms with Gasteiger partial charge < -0.3 is 9.84 Å². The maximum atomic E-state index is 5.21. The average Bonchev–Trinajstić information content (AvgIpc) is 3.24. The van der Waals surface area contributed by atoms with Gasteiger partial charge in [0.25, 0.3) is 0 Å². The molecule has 5 nitrogen and oxygen atoms in total. The van der Waals surface area contributed by atoms with Crippen LogP contribution in [0.5, 0.6) is 0 Å². The van der Waals surface area contributed by atoms with Gasteiger partial charge in [-0.25, -0.2) is 9.97 Å². The first-order valence-corrected chi connectivity index (χ1v) is 8.58. The summed E-state index contributed by atoms with van der Waals surface area (Å²) in [5, 5.41) is 8.24. The van der Waals surface area contributed by atoms with Crippen LogP contribution >= 0.6 is 11.3 Å². The van der Waals surface area contributed by atoms with E-state index in [0.29, 0.717) is 11.6 Å². The standard InChI is InChI=1S/C18H16N4OS/c1-12-11-14-16(19-9-7-13-5-3-2-4-6-13)21-17(22-18(14)24-12)15-8-10-20-23-15/h2-6,8,10-11H,7,9H2,1H3,(H,19,21,22). The Morgan fingerprint density at radius 1 is 1.12 bits per heavy atom. The number of fused-ring (bicyclic) bond motifs is 1. The lowest BCUT2D eigenvalue weighted by molar-refractivity contribution is 0.430. The molecule has 0 fully saturated rings. The Bertz CT molecular complexity index is 948. The number of thiophene rings is 1. The molecule has 0 atom stereocenters. The molecule has 0 aliphatic heterocycles. The van der Waals surface area contributed by atoms with Gasteiger partial charge in [-0.05, 0) is 25.0 Å². The monoisotopic (exact) mass is 336 g/mol. The number of rotatable bonds is 5. The number of hydrogen-bond acceptors (Lipinski definition) is 6. The summed E-state index contributed by atoms with van der Waals surface area (Å²) in [6, 6.07) is 14.3. The highest BCUT2D eigenvalue weighted by atomic mass is 32.1. The van der Waals surface area contributed by atoms with Crippen molar-refractivity contribution in [2.24, 2.45) is 0 Å². The zero-order valence-corrected chi connectivity index (χ0v) is 14.0. The fourth-order valence-corrected chi connectivity index (χ4v) is 3.47. The molecule has 1 aromatic carbocycles. The second-order valence-corrected chi connectivity index (χ2v) is 6.75. The second-order valence-electron chi connectivity index (χ2n) is 5.51. The third-order valence-corrected chi connectivity index (χ3v) is 4.67. The first-order valence-electron chi connectivity index (χ1n) is 7.76. The maximum absolute atomic E-state index is 5.21. The average molecular weight is 336 g/mol. The van der Waals surface area contributed by atoms with Crippen LogP contribution in [0.4, 0.5) is 5.82 Å². The minimum atomic E-state index is 0.559. The van der Waals surface area contributed by atoms with Crippen LogP contribution in [0.25, 0.3) is 21.8 Å². The van der Waals surface area contributed by atoms with Crippen LogP contribution in [0, 0.1) is 6.92 Å². The van der Waals surface area contributed by atoms with Crippen molar-refractivity contribution in [3.05, 3.63) is 59.1 Å². The van der Waals surface area contributed by atoms with Crippen LogP contribution in [0.2, 0.25) is 0 Å². The molecule has 0 amide bonds.